The van der Waals surface area contributed by atoms with Gasteiger partial charge in [0.15, 0.2) is 11.5 Å². The molecule has 0 aromatic heterocycles. The van der Waals surface area contributed by atoms with Gasteiger partial charge in [-0.15, -0.1) is 11.8 Å². The third-order valence-corrected chi connectivity index (χ3v) is 4.55. The summed E-state index contributed by atoms with van der Waals surface area (Å²) in [5, 5.41) is 3.03. The lowest BCUT2D eigenvalue weighted by molar-refractivity contribution is -0.121. The first-order valence-electron chi connectivity index (χ1n) is 7.71. The molecule has 0 spiro atoms. The SMILES string of the molecule is COc1ccc(CC(=O)N[C@@H](C)c2ccc(SC)cc2)cc1OC. The van der Waals surface area contributed by atoms with Crippen molar-refractivity contribution in [2.75, 3.05) is 20.5 Å². The lowest BCUT2D eigenvalue weighted by Crippen LogP contribution is -2.28. The van der Waals surface area contributed by atoms with Gasteiger partial charge >= 0.3 is 0 Å². The van der Waals surface area contributed by atoms with E-state index in [2.05, 4.69) is 17.4 Å². The zero-order chi connectivity index (χ0) is 17.5. The van der Waals surface area contributed by atoms with Gasteiger partial charge in [-0.2, -0.15) is 0 Å². The third-order valence-electron chi connectivity index (χ3n) is 3.81. The van der Waals surface area contributed by atoms with Gasteiger partial charge in [-0.25, -0.2) is 0 Å². The first-order valence-corrected chi connectivity index (χ1v) is 8.94. The van der Waals surface area contributed by atoms with Crippen molar-refractivity contribution < 1.29 is 14.3 Å². The van der Waals surface area contributed by atoms with Crippen LogP contribution in [-0.2, 0) is 11.2 Å². The van der Waals surface area contributed by atoms with E-state index in [1.807, 2.05) is 43.5 Å². The molecule has 0 heterocycles. The van der Waals surface area contributed by atoms with E-state index in [-0.39, 0.29) is 11.9 Å². The molecule has 0 radical (unpaired) electrons. The number of amides is 1. The Balaban J connectivity index is 1.99. The molecule has 2 aromatic rings. The minimum absolute atomic E-state index is 0.0244. The highest BCUT2D eigenvalue weighted by molar-refractivity contribution is 7.98. The molecule has 0 bridgehead atoms. The topological polar surface area (TPSA) is 47.6 Å². The molecule has 0 unspecified atom stereocenters. The van der Waals surface area contributed by atoms with Crippen LogP contribution in [0.15, 0.2) is 47.4 Å². The molecule has 0 aliphatic carbocycles. The number of methoxy groups -OCH3 is 2. The summed E-state index contributed by atoms with van der Waals surface area (Å²) in [5.74, 6) is 1.26. The number of rotatable bonds is 7. The molecule has 2 aromatic carbocycles. The number of nitrogens with one attached hydrogen (secondary N) is 1. The number of carbonyl (C=O) groups is 1. The fourth-order valence-electron chi connectivity index (χ4n) is 2.44. The molecule has 0 aliphatic heterocycles. The molecule has 128 valence electrons. The van der Waals surface area contributed by atoms with Gasteiger partial charge in [-0.05, 0) is 48.6 Å². The normalized spacial score (nSPS) is 11.7. The molecular formula is C19H23NO3S. The quantitative estimate of drug-likeness (QED) is 0.775. The van der Waals surface area contributed by atoms with Gasteiger partial charge in [0, 0.05) is 4.90 Å². The molecular weight excluding hydrogens is 322 g/mol. The average Bonchev–Trinajstić information content (AvgIpc) is 2.61. The Bertz CT molecular complexity index is 686. The number of benzene rings is 2. The van der Waals surface area contributed by atoms with Crippen LogP contribution < -0.4 is 14.8 Å². The first-order chi connectivity index (χ1) is 11.6. The second kappa shape index (κ2) is 8.64. The molecule has 1 N–H and O–H groups in total. The Kier molecular flexibility index (Phi) is 6.55. The Morgan fingerprint density at radius 2 is 1.75 bits per heavy atom. The Labute approximate surface area is 147 Å². The highest BCUT2D eigenvalue weighted by atomic mass is 32.2. The van der Waals surface area contributed by atoms with Gasteiger partial charge in [0.1, 0.15) is 0 Å². The minimum Gasteiger partial charge on any atom is -0.493 e. The van der Waals surface area contributed by atoms with Crippen molar-refractivity contribution in [3.05, 3.63) is 53.6 Å². The largest absolute Gasteiger partial charge is 0.493 e. The van der Waals surface area contributed by atoms with Crippen molar-refractivity contribution in [1.29, 1.82) is 0 Å². The first kappa shape index (κ1) is 18.2. The summed E-state index contributed by atoms with van der Waals surface area (Å²) in [7, 11) is 3.18. The predicted molar refractivity (Wildman–Crippen MR) is 98.0 cm³/mol. The van der Waals surface area contributed by atoms with E-state index in [1.54, 1.807) is 26.0 Å². The molecule has 0 saturated carbocycles. The highest BCUT2D eigenvalue weighted by Gasteiger charge is 2.12. The van der Waals surface area contributed by atoms with Crippen molar-refractivity contribution in [2.45, 2.75) is 24.3 Å². The summed E-state index contributed by atoms with van der Waals surface area (Å²) in [6.45, 7) is 1.99. The van der Waals surface area contributed by atoms with E-state index in [0.717, 1.165) is 11.1 Å². The van der Waals surface area contributed by atoms with Crippen LogP contribution in [0.4, 0.5) is 0 Å². The molecule has 0 aliphatic rings. The monoisotopic (exact) mass is 345 g/mol. The van der Waals surface area contributed by atoms with Crippen LogP contribution in [0.1, 0.15) is 24.1 Å². The zero-order valence-electron chi connectivity index (χ0n) is 14.5. The number of thioether (sulfide) groups is 1. The van der Waals surface area contributed by atoms with Crippen molar-refractivity contribution in [2.24, 2.45) is 0 Å². The van der Waals surface area contributed by atoms with Gasteiger partial charge in [0.05, 0.1) is 26.7 Å². The summed E-state index contributed by atoms with van der Waals surface area (Å²) >= 11 is 1.70. The van der Waals surface area contributed by atoms with Gasteiger partial charge in [-0.3, -0.25) is 4.79 Å². The fourth-order valence-corrected chi connectivity index (χ4v) is 2.85. The van der Waals surface area contributed by atoms with Crippen LogP contribution in [0, 0.1) is 0 Å². The van der Waals surface area contributed by atoms with E-state index in [4.69, 9.17) is 9.47 Å². The van der Waals surface area contributed by atoms with E-state index in [1.165, 1.54) is 4.90 Å². The van der Waals surface area contributed by atoms with Crippen molar-refractivity contribution >= 4 is 17.7 Å². The van der Waals surface area contributed by atoms with Gasteiger partial charge in [0.25, 0.3) is 0 Å². The third kappa shape index (κ3) is 4.68. The van der Waals surface area contributed by atoms with Crippen molar-refractivity contribution in [1.82, 2.24) is 5.32 Å². The number of carbonyl (C=O) groups excluding carboxylic acids is 1. The molecule has 4 nitrogen and oxygen atoms in total. The summed E-state index contributed by atoms with van der Waals surface area (Å²) in [5.41, 5.74) is 1.98. The van der Waals surface area contributed by atoms with E-state index < -0.39 is 0 Å². The standard InChI is InChI=1S/C19H23NO3S/c1-13(15-6-8-16(24-4)9-7-15)20-19(21)12-14-5-10-17(22-2)18(11-14)23-3/h5-11,13H,12H2,1-4H3,(H,20,21)/t13-/m0/s1. The fraction of sp³-hybridized carbons (Fsp3) is 0.316. The van der Waals surface area contributed by atoms with Gasteiger partial charge in [0.2, 0.25) is 5.91 Å². The van der Waals surface area contributed by atoms with E-state index >= 15 is 0 Å². The molecule has 0 fully saturated rings. The molecule has 5 heteroatoms. The summed E-state index contributed by atoms with van der Waals surface area (Å²) in [6.07, 6.45) is 2.34. The molecule has 0 saturated heterocycles. The van der Waals surface area contributed by atoms with Crippen LogP contribution in [0.2, 0.25) is 0 Å². The smallest absolute Gasteiger partial charge is 0.224 e. The van der Waals surface area contributed by atoms with Crippen molar-refractivity contribution in [3.63, 3.8) is 0 Å². The molecule has 1 amide bonds. The zero-order valence-corrected chi connectivity index (χ0v) is 15.3. The molecule has 2 rings (SSSR count). The maximum absolute atomic E-state index is 12.3. The van der Waals surface area contributed by atoms with Crippen LogP contribution >= 0.6 is 11.8 Å². The minimum atomic E-state index is -0.0337. The van der Waals surface area contributed by atoms with Gasteiger partial charge < -0.3 is 14.8 Å². The van der Waals surface area contributed by atoms with Crippen molar-refractivity contribution in [3.8, 4) is 11.5 Å². The Hall–Kier alpha value is -2.14. The lowest BCUT2D eigenvalue weighted by Gasteiger charge is -2.15. The van der Waals surface area contributed by atoms with Crippen LogP contribution in [-0.4, -0.2) is 26.4 Å². The van der Waals surface area contributed by atoms with Crippen LogP contribution in [0.3, 0.4) is 0 Å². The second-order valence-corrected chi connectivity index (χ2v) is 6.31. The number of hydrogen-bond acceptors (Lipinski definition) is 4. The van der Waals surface area contributed by atoms with Crippen LogP contribution in [0.5, 0.6) is 11.5 Å². The summed E-state index contributed by atoms with van der Waals surface area (Å²) in [4.78, 5) is 13.5. The maximum Gasteiger partial charge on any atom is 0.224 e. The molecule has 1 atom stereocenters. The lowest BCUT2D eigenvalue weighted by atomic mass is 10.1. The second-order valence-electron chi connectivity index (χ2n) is 5.43. The summed E-state index contributed by atoms with van der Waals surface area (Å²) in [6, 6.07) is 13.7. The van der Waals surface area contributed by atoms with Gasteiger partial charge in [-0.1, -0.05) is 18.2 Å². The number of hydrogen-bond donors (Lipinski definition) is 1. The molecule has 24 heavy (non-hydrogen) atoms. The Morgan fingerprint density at radius 3 is 2.33 bits per heavy atom. The maximum atomic E-state index is 12.3. The number of ether oxygens (including phenoxy) is 2. The van der Waals surface area contributed by atoms with Crippen LogP contribution in [0.25, 0.3) is 0 Å². The van der Waals surface area contributed by atoms with E-state index in [9.17, 15) is 4.79 Å². The van der Waals surface area contributed by atoms with E-state index in [0.29, 0.717) is 17.9 Å². The highest BCUT2D eigenvalue weighted by Crippen LogP contribution is 2.27. The predicted octanol–water partition coefficient (Wildman–Crippen LogP) is 3.85. The average molecular weight is 345 g/mol. The summed E-state index contributed by atoms with van der Waals surface area (Å²) < 4.78 is 10.5. The Morgan fingerprint density at radius 1 is 1.08 bits per heavy atom.